The van der Waals surface area contributed by atoms with Crippen LogP contribution in [0.3, 0.4) is 0 Å². The molecule has 0 radical (unpaired) electrons. The van der Waals surface area contributed by atoms with E-state index >= 15 is 14.4 Å². The number of benzene rings is 6. The fraction of sp³-hybridized carbons (Fsp3) is 0.462. The topological polar surface area (TPSA) is 162 Å². The monoisotopic (exact) mass is 1360 g/mol. The van der Waals surface area contributed by atoms with Gasteiger partial charge < -0.3 is 38.7 Å². The van der Waals surface area contributed by atoms with Crippen molar-refractivity contribution in [2.45, 2.75) is 188 Å². The van der Waals surface area contributed by atoms with Crippen molar-refractivity contribution in [3.63, 3.8) is 0 Å². The molecular weight excluding hydrogens is 1270 g/mol. The van der Waals surface area contributed by atoms with Crippen LogP contribution in [0.5, 0.6) is 5.75 Å². The molecule has 526 valence electrons. The number of fused-ring (bicyclic) bond motifs is 15. The van der Waals surface area contributed by atoms with E-state index in [9.17, 15) is 15.3 Å². The van der Waals surface area contributed by atoms with Crippen molar-refractivity contribution in [3.8, 4) is 5.75 Å². The number of aliphatic hydroxyl groups excluding tert-OH is 3. The Bertz CT molecular complexity index is 4660. The van der Waals surface area contributed by atoms with Crippen LogP contribution in [0.2, 0.25) is 0 Å². The predicted molar refractivity (Wildman–Crippen MR) is 395 cm³/mol. The smallest absolute Gasteiger partial charge is 0.340 e. The van der Waals surface area contributed by atoms with E-state index in [1.54, 1.807) is 0 Å². The van der Waals surface area contributed by atoms with Crippen molar-refractivity contribution in [1.29, 1.82) is 0 Å². The number of aliphatic hydroxyl groups is 3. The highest BCUT2D eigenvalue weighted by molar-refractivity contribution is 5.91. The highest BCUT2D eigenvalue weighted by atomic mass is 16.6. The van der Waals surface area contributed by atoms with Gasteiger partial charge in [0.1, 0.15) is 11.3 Å². The molecular formula is C91H96O11. The lowest BCUT2D eigenvalue weighted by Gasteiger charge is -2.55. The lowest BCUT2D eigenvalue weighted by atomic mass is 9.48. The van der Waals surface area contributed by atoms with Crippen molar-refractivity contribution in [1.82, 2.24) is 0 Å². The molecule has 3 N–H and O–H groups in total. The molecule has 18 unspecified atom stereocenters. The number of methoxy groups -OCH3 is 1. The molecule has 1 saturated heterocycles. The molecule has 12 aliphatic rings. The Labute approximate surface area is 599 Å². The van der Waals surface area contributed by atoms with Crippen LogP contribution in [-0.2, 0) is 48.7 Å². The van der Waals surface area contributed by atoms with Crippen LogP contribution in [0.15, 0.2) is 172 Å². The zero-order valence-corrected chi connectivity index (χ0v) is 59.2. The fourth-order valence-corrected chi connectivity index (χ4v) is 24.2. The Hall–Kier alpha value is -7.93. The van der Waals surface area contributed by atoms with E-state index < -0.39 is 47.9 Å². The molecule has 11 heteroatoms. The first-order valence-electron chi connectivity index (χ1n) is 38.6. The minimum atomic E-state index is -1.40. The van der Waals surface area contributed by atoms with Crippen LogP contribution < -0.4 is 10.4 Å². The molecule has 1 aromatic heterocycles. The average Bonchev–Trinajstić information content (AvgIpc) is 0.980. The summed E-state index contributed by atoms with van der Waals surface area (Å²) in [6.45, 7) is 2.87. The number of carbonyl (C=O) groups is 2. The molecule has 19 rings (SSSR count). The number of aryl methyl sites for hydroxylation is 1. The number of allylic oxidation sites excluding steroid dienone is 4. The van der Waals surface area contributed by atoms with Gasteiger partial charge in [-0.3, -0.25) is 4.79 Å². The molecule has 8 aliphatic carbocycles. The van der Waals surface area contributed by atoms with Gasteiger partial charge in [0.2, 0.25) is 0 Å². The van der Waals surface area contributed by atoms with Gasteiger partial charge in [0.15, 0.2) is 17.8 Å². The number of hydrogen-bond donors (Lipinski definition) is 3. The van der Waals surface area contributed by atoms with Gasteiger partial charge in [-0.25, -0.2) is 9.59 Å². The second kappa shape index (κ2) is 26.0. The zero-order valence-electron chi connectivity index (χ0n) is 59.2. The highest BCUT2D eigenvalue weighted by Gasteiger charge is 2.64. The van der Waals surface area contributed by atoms with Crippen molar-refractivity contribution in [2.24, 2.45) is 46.8 Å². The average molecular weight is 1370 g/mol. The summed E-state index contributed by atoms with van der Waals surface area (Å²) in [5, 5.41) is 33.9. The summed E-state index contributed by atoms with van der Waals surface area (Å²) in [6, 6.07) is 47.0. The summed E-state index contributed by atoms with van der Waals surface area (Å²) in [4.78, 5) is 48.2. The van der Waals surface area contributed by atoms with Gasteiger partial charge in [-0.1, -0.05) is 165 Å². The quantitative estimate of drug-likeness (QED) is 0.0489. The lowest BCUT2D eigenvalue weighted by molar-refractivity contribution is -0.202. The number of rotatable bonds is 11. The molecule has 3 saturated carbocycles. The van der Waals surface area contributed by atoms with Crippen LogP contribution >= 0.6 is 0 Å². The highest BCUT2D eigenvalue weighted by Crippen LogP contribution is 2.69. The van der Waals surface area contributed by atoms with Crippen LogP contribution in [0.4, 0.5) is 0 Å². The van der Waals surface area contributed by atoms with Gasteiger partial charge in [-0.2, -0.15) is 0 Å². The van der Waals surface area contributed by atoms with Gasteiger partial charge in [0.05, 0.1) is 25.4 Å². The summed E-state index contributed by atoms with van der Waals surface area (Å²) in [5.41, 5.74) is 14.0. The Kier molecular flexibility index (Phi) is 16.9. The van der Waals surface area contributed by atoms with Crippen LogP contribution in [0.1, 0.15) is 230 Å². The van der Waals surface area contributed by atoms with Crippen molar-refractivity contribution < 1.29 is 48.3 Å². The predicted octanol–water partition coefficient (Wildman–Crippen LogP) is 17.4. The van der Waals surface area contributed by atoms with Crippen LogP contribution in [-0.4, -0.2) is 65.9 Å². The summed E-state index contributed by atoms with van der Waals surface area (Å²) in [5.74, 6) is -0.685. The first kappa shape index (κ1) is 66.1. The van der Waals surface area contributed by atoms with Crippen LogP contribution in [0, 0.1) is 46.8 Å². The summed E-state index contributed by atoms with van der Waals surface area (Å²) >= 11 is 0. The largest absolute Gasteiger partial charge is 0.483 e. The van der Waals surface area contributed by atoms with E-state index in [2.05, 4.69) is 159 Å². The van der Waals surface area contributed by atoms with Crippen molar-refractivity contribution >= 4 is 35.1 Å². The second-order valence-electron chi connectivity index (χ2n) is 32.9. The van der Waals surface area contributed by atoms with Crippen molar-refractivity contribution in [3.05, 3.63) is 251 Å². The third-order valence-corrected chi connectivity index (χ3v) is 28.5. The fourth-order valence-electron chi connectivity index (χ4n) is 24.2. The Morgan fingerprint density at radius 1 is 0.745 bits per heavy atom. The first-order valence-corrected chi connectivity index (χ1v) is 38.6. The van der Waals surface area contributed by atoms with E-state index in [4.69, 9.17) is 23.4 Å². The maximum absolute atomic E-state index is 16.7. The van der Waals surface area contributed by atoms with E-state index in [1.165, 1.54) is 81.1 Å². The molecule has 7 aromatic rings. The lowest BCUT2D eigenvalue weighted by Crippen LogP contribution is -2.59. The molecule has 102 heavy (non-hydrogen) atoms. The number of esters is 2. The number of hydrogen-bond acceptors (Lipinski definition) is 11. The van der Waals surface area contributed by atoms with E-state index in [0.717, 1.165) is 64.2 Å². The normalized spacial score (nSPS) is 33.5. The molecule has 18 atom stereocenters. The van der Waals surface area contributed by atoms with Gasteiger partial charge in [-0.05, 0) is 247 Å². The van der Waals surface area contributed by atoms with Gasteiger partial charge in [0.25, 0.3) is 0 Å². The van der Waals surface area contributed by atoms with Gasteiger partial charge >= 0.3 is 17.6 Å². The maximum Gasteiger partial charge on any atom is 0.340 e. The zero-order chi connectivity index (χ0) is 69.3. The van der Waals surface area contributed by atoms with Crippen LogP contribution in [0.25, 0.3) is 23.1 Å². The number of ether oxygens (including phenoxy) is 4. The molecule has 4 aliphatic heterocycles. The Morgan fingerprint density at radius 3 is 2.40 bits per heavy atom. The summed E-state index contributed by atoms with van der Waals surface area (Å²) in [6.07, 6.45) is 26.5. The van der Waals surface area contributed by atoms with E-state index in [0.29, 0.717) is 64.9 Å². The molecule has 7 bridgehead atoms. The third-order valence-electron chi connectivity index (χ3n) is 28.5. The first-order chi connectivity index (χ1) is 49.8. The Balaban J connectivity index is 0.863. The van der Waals surface area contributed by atoms with E-state index in [1.807, 2.05) is 19.1 Å². The second-order valence-corrected chi connectivity index (χ2v) is 32.9. The van der Waals surface area contributed by atoms with Gasteiger partial charge in [-0.15, -0.1) is 0 Å². The summed E-state index contributed by atoms with van der Waals surface area (Å²) < 4.78 is 35.1. The molecule has 6 aromatic carbocycles. The molecule has 5 heterocycles. The molecule has 0 amide bonds. The standard InChI is InChI=1S/C91H96O11/c1-52(49-93)71-46-79-69-35-29-57-43-72(69)60(48-90(79)40-13-20-61(90)30-25-53-14-5-4-6-15-53)44-74-67-34-27-54-16-7-9-21-65(54)73(67)47-78(74)89(2)86(101-87(71)96)85(83-80(102-89)38-37-70-75(50-94)82(88(97)100-84(70)83)58(39-41-92)51-98-3)99-81(95)45-59-42-56(28-33-64(57)59)66-22-12-24-77-68(66)36-32-63-19-11-18-62-31-26-55-17-8-10-23-76(55)91(62,63)77/h4-10,12,14-17,21-24,26-29,31,33-35,37-38,43,56,58-64,67,73-74,78-79,85-86,92-94H,11,13,18-20,25,30,32,36,39-42,44-51H2,1-3H3. The summed E-state index contributed by atoms with van der Waals surface area (Å²) in [7, 11) is 1.54. The Morgan fingerprint density at radius 2 is 1.56 bits per heavy atom. The maximum atomic E-state index is 16.7. The SMILES string of the molecule is COCC(CCO)c1c(CO)c2ccc3c(c2oc1=O)C1OC(=O)CC2CC(c4cccc5c4CCC4CCCC6C=Cc7ccccc7C564)C=CC2c2ccc4c(c2)C2CC5C6C=Cc7ccccc7C6CC5C(C)(O3)C1OC(=O)C(=C(C)CO)CC4C1(CCCC1CCc1ccccc1)C2. The van der Waals surface area contributed by atoms with Gasteiger partial charge in [0, 0.05) is 65.7 Å². The van der Waals surface area contributed by atoms with E-state index in [-0.39, 0.29) is 113 Å². The minimum Gasteiger partial charge on any atom is -0.483 e. The molecule has 11 nitrogen and oxygen atoms in total. The van der Waals surface area contributed by atoms with Crippen molar-refractivity contribution in [2.75, 3.05) is 26.9 Å². The minimum absolute atomic E-state index is 0.00490. The molecule has 2 spiro atoms. The third kappa shape index (κ3) is 10.3. The number of carbonyl (C=O) groups excluding carboxylic acids is 2. The molecule has 4 fully saturated rings.